The fourth-order valence-corrected chi connectivity index (χ4v) is 2.53. The molecule has 0 saturated carbocycles. The van der Waals surface area contributed by atoms with E-state index in [-0.39, 0.29) is 5.56 Å². The van der Waals surface area contributed by atoms with Crippen LogP contribution >= 0.6 is 11.5 Å². The Bertz CT molecular complexity index is 824. The number of nitrogen functional groups attached to an aromatic ring is 1. The van der Waals surface area contributed by atoms with E-state index in [1.807, 2.05) is 24.3 Å². The molecule has 0 spiro atoms. The van der Waals surface area contributed by atoms with E-state index in [1.54, 1.807) is 11.5 Å². The second-order valence-electron chi connectivity index (χ2n) is 4.27. The van der Waals surface area contributed by atoms with Crippen molar-refractivity contribution < 1.29 is 0 Å². The first-order valence-corrected chi connectivity index (χ1v) is 6.72. The number of nitrogens with one attached hydrogen (secondary N) is 1. The number of hydrogen-bond donors (Lipinski definition) is 2. The van der Waals surface area contributed by atoms with Gasteiger partial charge in [-0.05, 0) is 19.1 Å². The highest BCUT2D eigenvalue weighted by molar-refractivity contribution is 7.10. The molecule has 8 heteroatoms. The number of hydrogen-bond acceptors (Lipinski definition) is 7. The SMILES string of the molecule is Cc1nc2ccccc2n(Cc2nnsc2NN)c1=O. The van der Waals surface area contributed by atoms with Crippen molar-refractivity contribution in [2.45, 2.75) is 13.5 Å². The second kappa shape index (κ2) is 4.99. The smallest absolute Gasteiger partial charge is 0.272 e. The van der Waals surface area contributed by atoms with Crippen LogP contribution in [0.15, 0.2) is 29.1 Å². The van der Waals surface area contributed by atoms with Crippen LogP contribution in [-0.4, -0.2) is 19.1 Å². The lowest BCUT2D eigenvalue weighted by Crippen LogP contribution is -2.25. The molecule has 0 saturated heterocycles. The van der Waals surface area contributed by atoms with Gasteiger partial charge in [0.2, 0.25) is 0 Å². The third-order valence-electron chi connectivity index (χ3n) is 3.01. The van der Waals surface area contributed by atoms with E-state index in [0.29, 0.717) is 22.9 Å². The van der Waals surface area contributed by atoms with Gasteiger partial charge in [0.05, 0.1) is 17.6 Å². The van der Waals surface area contributed by atoms with E-state index in [2.05, 4.69) is 20.0 Å². The van der Waals surface area contributed by atoms with Crippen LogP contribution in [0.3, 0.4) is 0 Å². The molecule has 3 rings (SSSR count). The van der Waals surface area contributed by atoms with Crippen LogP contribution < -0.4 is 16.8 Å². The van der Waals surface area contributed by atoms with Crippen molar-refractivity contribution in [2.75, 3.05) is 5.43 Å². The number of anilines is 1. The number of aromatic nitrogens is 4. The Balaban J connectivity index is 2.20. The number of hydrazine groups is 1. The summed E-state index contributed by atoms with van der Waals surface area (Å²) in [5.41, 5.74) is 5.03. The normalized spacial score (nSPS) is 10.9. The maximum absolute atomic E-state index is 12.3. The van der Waals surface area contributed by atoms with E-state index in [1.165, 1.54) is 0 Å². The molecule has 7 nitrogen and oxygen atoms in total. The Morgan fingerprint density at radius 2 is 2.20 bits per heavy atom. The summed E-state index contributed by atoms with van der Waals surface area (Å²) in [6, 6.07) is 7.50. The predicted octanol–water partition coefficient (Wildman–Crippen LogP) is 0.890. The zero-order valence-corrected chi connectivity index (χ0v) is 11.5. The maximum atomic E-state index is 12.3. The highest BCUT2D eigenvalue weighted by atomic mass is 32.1. The summed E-state index contributed by atoms with van der Waals surface area (Å²) in [6.45, 7) is 2.01. The molecule has 3 aromatic rings. The van der Waals surface area contributed by atoms with Gasteiger partial charge in [-0.15, -0.1) is 5.10 Å². The topological polar surface area (TPSA) is 98.7 Å². The lowest BCUT2D eigenvalue weighted by Gasteiger charge is -2.10. The van der Waals surface area contributed by atoms with Crippen LogP contribution in [-0.2, 0) is 6.54 Å². The van der Waals surface area contributed by atoms with E-state index >= 15 is 0 Å². The number of benzene rings is 1. The Morgan fingerprint density at radius 3 is 3.00 bits per heavy atom. The number of aryl methyl sites for hydroxylation is 1. The number of fused-ring (bicyclic) bond motifs is 1. The molecule has 102 valence electrons. The van der Waals surface area contributed by atoms with E-state index in [9.17, 15) is 4.79 Å². The first-order chi connectivity index (χ1) is 9.70. The number of rotatable bonds is 3. The van der Waals surface area contributed by atoms with E-state index in [0.717, 1.165) is 22.6 Å². The van der Waals surface area contributed by atoms with Gasteiger partial charge in [-0.2, -0.15) is 0 Å². The summed E-state index contributed by atoms with van der Waals surface area (Å²) < 4.78 is 5.47. The van der Waals surface area contributed by atoms with Crippen LogP contribution in [0.25, 0.3) is 11.0 Å². The maximum Gasteiger partial charge on any atom is 0.272 e. The molecule has 0 aliphatic heterocycles. The van der Waals surface area contributed by atoms with Crippen molar-refractivity contribution >= 4 is 27.6 Å². The zero-order chi connectivity index (χ0) is 14.1. The molecule has 3 N–H and O–H groups in total. The third kappa shape index (κ3) is 2.04. The van der Waals surface area contributed by atoms with Crippen LogP contribution in [0, 0.1) is 6.92 Å². The fraction of sp³-hybridized carbons (Fsp3) is 0.167. The van der Waals surface area contributed by atoms with E-state index < -0.39 is 0 Å². The molecule has 0 amide bonds. The van der Waals surface area contributed by atoms with Crippen molar-refractivity contribution in [2.24, 2.45) is 5.84 Å². The molecule has 0 radical (unpaired) electrons. The minimum absolute atomic E-state index is 0.139. The minimum atomic E-state index is -0.139. The van der Waals surface area contributed by atoms with Gasteiger partial charge in [-0.3, -0.25) is 9.36 Å². The molecule has 0 fully saturated rings. The van der Waals surface area contributed by atoms with Crippen molar-refractivity contribution in [1.29, 1.82) is 0 Å². The fourth-order valence-electron chi connectivity index (χ4n) is 2.05. The average molecular weight is 288 g/mol. The highest BCUT2D eigenvalue weighted by Crippen LogP contribution is 2.18. The second-order valence-corrected chi connectivity index (χ2v) is 5.02. The molecule has 0 aliphatic carbocycles. The summed E-state index contributed by atoms with van der Waals surface area (Å²) >= 11 is 1.16. The summed E-state index contributed by atoms with van der Waals surface area (Å²) in [5.74, 6) is 5.41. The minimum Gasteiger partial charge on any atom is -0.313 e. The lowest BCUT2D eigenvalue weighted by atomic mass is 10.2. The molecule has 0 unspecified atom stereocenters. The zero-order valence-electron chi connectivity index (χ0n) is 10.7. The quantitative estimate of drug-likeness (QED) is 0.548. The first kappa shape index (κ1) is 12.7. The predicted molar refractivity (Wildman–Crippen MR) is 77.6 cm³/mol. The summed E-state index contributed by atoms with van der Waals surface area (Å²) in [6.07, 6.45) is 0. The molecule has 0 aliphatic rings. The van der Waals surface area contributed by atoms with Gasteiger partial charge in [0.15, 0.2) is 0 Å². The summed E-state index contributed by atoms with van der Waals surface area (Å²) in [7, 11) is 0. The summed E-state index contributed by atoms with van der Waals surface area (Å²) in [5, 5.41) is 4.65. The highest BCUT2D eigenvalue weighted by Gasteiger charge is 2.12. The van der Waals surface area contributed by atoms with Gasteiger partial charge in [0.25, 0.3) is 5.56 Å². The largest absolute Gasteiger partial charge is 0.313 e. The Morgan fingerprint density at radius 1 is 1.40 bits per heavy atom. The molecule has 2 aromatic heterocycles. The van der Waals surface area contributed by atoms with Crippen molar-refractivity contribution in [3.63, 3.8) is 0 Å². The van der Waals surface area contributed by atoms with E-state index in [4.69, 9.17) is 5.84 Å². The number of nitrogens with two attached hydrogens (primary N) is 1. The van der Waals surface area contributed by atoms with Gasteiger partial charge in [-0.25, -0.2) is 10.8 Å². The first-order valence-electron chi connectivity index (χ1n) is 5.94. The molecule has 2 heterocycles. The van der Waals surface area contributed by atoms with Gasteiger partial charge < -0.3 is 5.43 Å². The van der Waals surface area contributed by atoms with Crippen molar-refractivity contribution in [1.82, 2.24) is 19.1 Å². The monoisotopic (exact) mass is 288 g/mol. The van der Waals surface area contributed by atoms with Gasteiger partial charge in [-0.1, -0.05) is 16.6 Å². The molecule has 0 atom stereocenters. The number of para-hydroxylation sites is 2. The lowest BCUT2D eigenvalue weighted by molar-refractivity contribution is 0.752. The standard InChI is InChI=1S/C12H12N6OS/c1-7-12(19)18(6-9-11(15-13)20-17-16-9)10-5-3-2-4-8(10)14-7/h2-5,15H,6,13H2,1H3. The molecular weight excluding hydrogens is 276 g/mol. The number of nitrogens with zero attached hydrogens (tertiary/aromatic N) is 4. The van der Waals surface area contributed by atoms with Gasteiger partial charge in [0, 0.05) is 11.5 Å². The van der Waals surface area contributed by atoms with Crippen molar-refractivity contribution in [3.05, 3.63) is 46.0 Å². The Kier molecular flexibility index (Phi) is 3.17. The van der Waals surface area contributed by atoms with Crippen LogP contribution in [0.2, 0.25) is 0 Å². The molecule has 0 bridgehead atoms. The summed E-state index contributed by atoms with van der Waals surface area (Å²) in [4.78, 5) is 16.6. The van der Waals surface area contributed by atoms with Crippen molar-refractivity contribution in [3.8, 4) is 0 Å². The van der Waals surface area contributed by atoms with Crippen LogP contribution in [0.1, 0.15) is 11.4 Å². The average Bonchev–Trinajstić information content (AvgIpc) is 2.91. The third-order valence-corrected chi connectivity index (χ3v) is 3.71. The van der Waals surface area contributed by atoms with Crippen LogP contribution in [0.5, 0.6) is 0 Å². The molecular formula is C12H12N6OS. The molecule has 1 aromatic carbocycles. The van der Waals surface area contributed by atoms with Gasteiger partial charge in [0.1, 0.15) is 16.4 Å². The Labute approximate surface area is 118 Å². The Hall–Kier alpha value is -2.32. The van der Waals surface area contributed by atoms with Gasteiger partial charge >= 0.3 is 0 Å². The van der Waals surface area contributed by atoms with Crippen LogP contribution in [0.4, 0.5) is 5.00 Å². The molecule has 20 heavy (non-hydrogen) atoms.